The fourth-order valence-electron chi connectivity index (χ4n) is 2.73. The topological polar surface area (TPSA) is 61.9 Å². The van der Waals surface area contributed by atoms with Crippen LogP contribution in [0.1, 0.15) is 18.9 Å². The van der Waals surface area contributed by atoms with Crippen LogP contribution in [0.25, 0.3) is 11.2 Å². The normalized spacial score (nSPS) is 16.7. The lowest BCUT2D eigenvalue weighted by Crippen LogP contribution is -2.31. The number of aromatic nitrogens is 4. The van der Waals surface area contributed by atoms with E-state index in [1.165, 1.54) is 22.5 Å². The van der Waals surface area contributed by atoms with Crippen LogP contribution >= 0.6 is 11.8 Å². The molecule has 0 atom stereocenters. The van der Waals surface area contributed by atoms with Crippen LogP contribution in [-0.4, -0.2) is 45.0 Å². The lowest BCUT2D eigenvalue weighted by molar-refractivity contribution is 0.0690. The van der Waals surface area contributed by atoms with E-state index in [9.17, 15) is 13.6 Å². The molecule has 1 saturated heterocycles. The number of hydrogen-bond donors (Lipinski definition) is 0. The van der Waals surface area contributed by atoms with E-state index in [1.54, 1.807) is 0 Å². The van der Waals surface area contributed by atoms with Crippen molar-refractivity contribution in [2.24, 2.45) is 0 Å². The van der Waals surface area contributed by atoms with Crippen LogP contribution in [-0.2, 0) is 11.3 Å². The van der Waals surface area contributed by atoms with Crippen LogP contribution in [0.5, 0.6) is 0 Å². The summed E-state index contributed by atoms with van der Waals surface area (Å²) >= 11 is 1.35. The van der Waals surface area contributed by atoms with Crippen molar-refractivity contribution in [1.29, 1.82) is 0 Å². The predicted octanol–water partition coefficient (Wildman–Crippen LogP) is 1.93. The minimum Gasteiger partial charge on any atom is -0.381 e. The zero-order valence-corrected chi connectivity index (χ0v) is 12.9. The Morgan fingerprint density at radius 2 is 2.18 bits per heavy atom. The maximum atomic E-state index is 12.8. The molecule has 1 aliphatic rings. The van der Waals surface area contributed by atoms with E-state index >= 15 is 0 Å². The van der Waals surface area contributed by atoms with Gasteiger partial charge in [-0.25, -0.2) is 23.5 Å². The number of thioether (sulfide) groups is 1. The highest BCUT2D eigenvalue weighted by Crippen LogP contribution is 2.24. The van der Waals surface area contributed by atoms with Crippen LogP contribution in [0.4, 0.5) is 8.78 Å². The average molecular weight is 330 g/mol. The second-order valence-corrected chi connectivity index (χ2v) is 5.84. The molecule has 1 aliphatic heterocycles. The van der Waals surface area contributed by atoms with Gasteiger partial charge < -0.3 is 4.74 Å². The van der Waals surface area contributed by atoms with Gasteiger partial charge in [-0.05, 0) is 19.1 Å². The molecule has 6 nitrogen and oxygen atoms in total. The van der Waals surface area contributed by atoms with Crippen molar-refractivity contribution in [2.75, 3.05) is 19.5 Å². The van der Waals surface area contributed by atoms with Crippen molar-refractivity contribution >= 4 is 22.9 Å². The van der Waals surface area contributed by atoms with Gasteiger partial charge >= 0.3 is 5.69 Å². The lowest BCUT2D eigenvalue weighted by Gasteiger charge is -2.22. The standard InChI is InChI=1S/C13H16F2N4O2S/c1-22-12-16-6-9-11(17-12)19(8-2-4-21-5-3-8)13(20)18(9)7-10(14)15/h6,8,10H,2-5,7H2,1H3. The lowest BCUT2D eigenvalue weighted by atomic mass is 10.1. The summed E-state index contributed by atoms with van der Waals surface area (Å²) in [6.45, 7) is 0.464. The molecule has 22 heavy (non-hydrogen) atoms. The fourth-order valence-corrected chi connectivity index (χ4v) is 3.06. The summed E-state index contributed by atoms with van der Waals surface area (Å²) < 4.78 is 33.5. The van der Waals surface area contributed by atoms with Gasteiger partial charge in [0.1, 0.15) is 5.52 Å². The molecule has 2 aromatic heterocycles. The quantitative estimate of drug-likeness (QED) is 0.633. The number of alkyl halides is 2. The van der Waals surface area contributed by atoms with E-state index in [4.69, 9.17) is 4.74 Å². The summed E-state index contributed by atoms with van der Waals surface area (Å²) in [7, 11) is 0. The summed E-state index contributed by atoms with van der Waals surface area (Å²) in [6.07, 6.45) is 2.02. The largest absolute Gasteiger partial charge is 0.381 e. The first-order valence-electron chi connectivity index (χ1n) is 6.99. The molecule has 0 saturated carbocycles. The molecule has 0 unspecified atom stereocenters. The monoisotopic (exact) mass is 330 g/mol. The second kappa shape index (κ2) is 6.33. The minimum absolute atomic E-state index is 0.0766. The van der Waals surface area contributed by atoms with Gasteiger partial charge in [0.2, 0.25) is 0 Å². The first-order chi connectivity index (χ1) is 10.6. The Hall–Kier alpha value is -1.48. The van der Waals surface area contributed by atoms with Crippen molar-refractivity contribution in [3.05, 3.63) is 16.7 Å². The van der Waals surface area contributed by atoms with Crippen LogP contribution < -0.4 is 5.69 Å². The van der Waals surface area contributed by atoms with Gasteiger partial charge in [-0.15, -0.1) is 0 Å². The van der Waals surface area contributed by atoms with E-state index in [-0.39, 0.29) is 6.04 Å². The van der Waals surface area contributed by atoms with E-state index in [0.717, 1.165) is 4.57 Å². The first kappa shape index (κ1) is 15.4. The molecule has 0 aliphatic carbocycles. The average Bonchev–Trinajstić information content (AvgIpc) is 2.79. The predicted molar refractivity (Wildman–Crippen MR) is 78.7 cm³/mol. The first-order valence-corrected chi connectivity index (χ1v) is 8.22. The van der Waals surface area contributed by atoms with Crippen LogP contribution in [0.2, 0.25) is 0 Å². The third-order valence-corrected chi connectivity index (χ3v) is 4.30. The van der Waals surface area contributed by atoms with Gasteiger partial charge in [-0.3, -0.25) is 9.13 Å². The summed E-state index contributed by atoms with van der Waals surface area (Å²) in [5.41, 5.74) is 0.334. The number of imidazole rings is 1. The van der Waals surface area contributed by atoms with Gasteiger partial charge in [-0.2, -0.15) is 0 Å². The molecule has 3 heterocycles. The number of ether oxygens (including phenoxy) is 1. The van der Waals surface area contributed by atoms with Crippen molar-refractivity contribution in [3.63, 3.8) is 0 Å². The Labute approximate surface area is 129 Å². The van der Waals surface area contributed by atoms with Crippen LogP contribution in [0.15, 0.2) is 16.1 Å². The van der Waals surface area contributed by atoms with Gasteiger partial charge in [-0.1, -0.05) is 11.8 Å². The highest BCUT2D eigenvalue weighted by molar-refractivity contribution is 7.98. The molecule has 120 valence electrons. The molecule has 0 aromatic carbocycles. The number of nitrogens with zero attached hydrogens (tertiary/aromatic N) is 4. The number of rotatable bonds is 4. The SMILES string of the molecule is CSc1ncc2c(n1)n(C1CCOCC1)c(=O)n2CC(F)F. The Kier molecular flexibility index (Phi) is 4.44. The number of hydrogen-bond acceptors (Lipinski definition) is 5. The van der Waals surface area contributed by atoms with Crippen LogP contribution in [0.3, 0.4) is 0 Å². The minimum atomic E-state index is -2.60. The smallest absolute Gasteiger partial charge is 0.330 e. The van der Waals surface area contributed by atoms with Crippen molar-refractivity contribution in [3.8, 4) is 0 Å². The highest BCUT2D eigenvalue weighted by Gasteiger charge is 2.25. The number of fused-ring (bicyclic) bond motifs is 1. The molecule has 0 bridgehead atoms. The number of halogens is 2. The zero-order chi connectivity index (χ0) is 15.7. The van der Waals surface area contributed by atoms with E-state index < -0.39 is 18.7 Å². The molecule has 0 radical (unpaired) electrons. The molecular formula is C13H16F2N4O2S. The molecule has 0 N–H and O–H groups in total. The molecule has 1 fully saturated rings. The maximum absolute atomic E-state index is 12.8. The van der Waals surface area contributed by atoms with Crippen molar-refractivity contribution in [1.82, 2.24) is 19.1 Å². The van der Waals surface area contributed by atoms with E-state index in [1.807, 2.05) is 6.26 Å². The Balaban J connectivity index is 2.19. The van der Waals surface area contributed by atoms with Crippen molar-refractivity contribution < 1.29 is 13.5 Å². The Morgan fingerprint density at radius 3 is 2.82 bits per heavy atom. The molecule has 3 rings (SSSR count). The molecular weight excluding hydrogens is 314 g/mol. The zero-order valence-electron chi connectivity index (χ0n) is 12.0. The Morgan fingerprint density at radius 1 is 1.45 bits per heavy atom. The molecule has 0 amide bonds. The summed E-state index contributed by atoms with van der Waals surface area (Å²) in [6, 6.07) is -0.0766. The molecule has 2 aromatic rings. The van der Waals surface area contributed by atoms with Gasteiger partial charge in [0, 0.05) is 19.3 Å². The van der Waals surface area contributed by atoms with Crippen LogP contribution in [0, 0.1) is 0 Å². The summed E-state index contributed by atoms with van der Waals surface area (Å²) in [4.78, 5) is 21.1. The highest BCUT2D eigenvalue weighted by atomic mass is 32.2. The van der Waals surface area contributed by atoms with E-state index in [2.05, 4.69) is 9.97 Å². The van der Waals surface area contributed by atoms with E-state index in [0.29, 0.717) is 42.4 Å². The van der Waals surface area contributed by atoms with Crippen molar-refractivity contribution in [2.45, 2.75) is 37.0 Å². The third kappa shape index (κ3) is 2.74. The fraction of sp³-hybridized carbons (Fsp3) is 0.615. The van der Waals surface area contributed by atoms with Gasteiger partial charge in [0.25, 0.3) is 6.43 Å². The third-order valence-electron chi connectivity index (χ3n) is 3.74. The summed E-state index contributed by atoms with van der Waals surface area (Å²) in [5.74, 6) is 0. The van der Waals surface area contributed by atoms with Gasteiger partial charge in [0.15, 0.2) is 10.8 Å². The second-order valence-electron chi connectivity index (χ2n) is 5.06. The Bertz CT molecular complexity index is 725. The molecule has 0 spiro atoms. The van der Waals surface area contributed by atoms with Gasteiger partial charge in [0.05, 0.1) is 12.7 Å². The molecule has 9 heteroatoms. The maximum Gasteiger partial charge on any atom is 0.330 e. The summed E-state index contributed by atoms with van der Waals surface area (Å²) in [5, 5.41) is 0.516.